The van der Waals surface area contributed by atoms with Crippen LogP contribution in [0.2, 0.25) is 0 Å². The summed E-state index contributed by atoms with van der Waals surface area (Å²) in [7, 11) is 0. The molecule has 0 aliphatic carbocycles. The van der Waals surface area contributed by atoms with Gasteiger partial charge >= 0.3 is 6.03 Å². The summed E-state index contributed by atoms with van der Waals surface area (Å²) in [6.07, 6.45) is 1.78. The maximum absolute atomic E-state index is 13.3. The summed E-state index contributed by atoms with van der Waals surface area (Å²) in [6.45, 7) is 17.6. The molecule has 1 N–H and O–H groups in total. The van der Waals surface area contributed by atoms with Crippen molar-refractivity contribution >= 4 is 17.8 Å². The van der Waals surface area contributed by atoms with Crippen LogP contribution in [0.5, 0.6) is 0 Å². The first-order chi connectivity index (χ1) is 14.8. The first-order valence-electron chi connectivity index (χ1n) is 11.8. The molecule has 1 fully saturated rings. The summed E-state index contributed by atoms with van der Waals surface area (Å²) < 4.78 is 0. The van der Waals surface area contributed by atoms with Gasteiger partial charge in [0.1, 0.15) is 12.1 Å². The van der Waals surface area contributed by atoms with Crippen LogP contribution >= 0.6 is 0 Å². The smallest absolute Gasteiger partial charge is 0.325 e. The summed E-state index contributed by atoms with van der Waals surface area (Å²) in [6, 6.07) is 7.25. The third-order valence-corrected chi connectivity index (χ3v) is 6.20. The Morgan fingerprint density at radius 2 is 1.50 bits per heavy atom. The van der Waals surface area contributed by atoms with Crippen LogP contribution in [0.1, 0.15) is 79.4 Å². The van der Waals surface area contributed by atoms with Gasteiger partial charge < -0.3 is 10.2 Å². The van der Waals surface area contributed by atoms with Crippen LogP contribution in [0.15, 0.2) is 24.3 Å². The average Bonchev–Trinajstić information content (AvgIpc) is 2.91. The van der Waals surface area contributed by atoms with E-state index >= 15 is 0 Å². The van der Waals surface area contributed by atoms with Crippen molar-refractivity contribution in [2.75, 3.05) is 19.6 Å². The Kier molecular flexibility index (Phi) is 8.13. The van der Waals surface area contributed by atoms with Crippen LogP contribution in [0.3, 0.4) is 0 Å². The molecule has 0 saturated carbocycles. The van der Waals surface area contributed by atoms with E-state index in [1.54, 1.807) is 11.8 Å². The van der Waals surface area contributed by atoms with Crippen molar-refractivity contribution < 1.29 is 14.4 Å². The van der Waals surface area contributed by atoms with E-state index in [1.807, 2.05) is 24.3 Å². The summed E-state index contributed by atoms with van der Waals surface area (Å²) in [5, 5.41) is 2.82. The van der Waals surface area contributed by atoms with Crippen molar-refractivity contribution in [1.82, 2.24) is 15.1 Å². The maximum atomic E-state index is 13.3. The molecule has 1 aromatic carbocycles. The number of carbonyl (C=O) groups excluding carboxylic acids is 3. The monoisotopic (exact) mass is 443 g/mol. The fourth-order valence-corrected chi connectivity index (χ4v) is 3.76. The quantitative estimate of drug-likeness (QED) is 0.564. The van der Waals surface area contributed by atoms with Gasteiger partial charge in [0.25, 0.3) is 5.91 Å². The Hall–Kier alpha value is -2.37. The van der Waals surface area contributed by atoms with Crippen LogP contribution in [0.4, 0.5) is 4.79 Å². The van der Waals surface area contributed by atoms with Crippen molar-refractivity contribution in [2.45, 2.75) is 79.2 Å². The van der Waals surface area contributed by atoms with E-state index in [-0.39, 0.29) is 23.8 Å². The van der Waals surface area contributed by atoms with Crippen molar-refractivity contribution in [2.24, 2.45) is 11.8 Å². The van der Waals surface area contributed by atoms with E-state index in [0.29, 0.717) is 24.9 Å². The third kappa shape index (κ3) is 6.11. The highest BCUT2D eigenvalue weighted by molar-refractivity contribution is 6.09. The van der Waals surface area contributed by atoms with Crippen LogP contribution < -0.4 is 5.32 Å². The number of amides is 4. The lowest BCUT2D eigenvalue weighted by molar-refractivity contribution is -0.139. The molecule has 6 heteroatoms. The van der Waals surface area contributed by atoms with Crippen molar-refractivity contribution in [3.05, 3.63) is 35.4 Å². The summed E-state index contributed by atoms with van der Waals surface area (Å²) in [4.78, 5) is 41.9. The van der Waals surface area contributed by atoms with Gasteiger partial charge in [-0.05, 0) is 48.1 Å². The van der Waals surface area contributed by atoms with Crippen LogP contribution in [-0.4, -0.2) is 47.3 Å². The molecule has 0 bridgehead atoms. The van der Waals surface area contributed by atoms with Gasteiger partial charge in [-0.2, -0.15) is 0 Å². The SMILES string of the molecule is CC(C)CCN(CCC(C)C)C(=O)CN1C(=O)N[C@@](C)(c2ccc(C(C)(C)C)cc2)C1=O. The largest absolute Gasteiger partial charge is 0.341 e. The highest BCUT2D eigenvalue weighted by Crippen LogP contribution is 2.31. The molecule has 6 nitrogen and oxygen atoms in total. The van der Waals surface area contributed by atoms with Crippen molar-refractivity contribution in [1.29, 1.82) is 0 Å². The number of rotatable bonds is 9. The molecule has 1 heterocycles. The van der Waals surface area contributed by atoms with Crippen molar-refractivity contribution in [3.63, 3.8) is 0 Å². The molecule has 1 aliphatic heterocycles. The van der Waals surface area contributed by atoms with E-state index < -0.39 is 11.6 Å². The molecule has 178 valence electrons. The predicted molar refractivity (Wildman–Crippen MR) is 128 cm³/mol. The van der Waals surface area contributed by atoms with Crippen LogP contribution in [-0.2, 0) is 20.5 Å². The zero-order valence-corrected chi connectivity index (χ0v) is 21.1. The fraction of sp³-hybridized carbons (Fsp3) is 0.654. The zero-order chi connectivity index (χ0) is 24.3. The van der Waals surface area contributed by atoms with E-state index in [4.69, 9.17) is 0 Å². The third-order valence-electron chi connectivity index (χ3n) is 6.20. The normalized spacial score (nSPS) is 19.1. The van der Waals surface area contributed by atoms with Gasteiger partial charge in [-0.15, -0.1) is 0 Å². The van der Waals surface area contributed by atoms with Crippen LogP contribution in [0, 0.1) is 11.8 Å². The number of hydrogen-bond acceptors (Lipinski definition) is 3. The van der Waals surface area contributed by atoms with Gasteiger partial charge in [0.2, 0.25) is 5.91 Å². The van der Waals surface area contributed by atoms with Gasteiger partial charge in [-0.3, -0.25) is 14.5 Å². The molecular weight excluding hydrogens is 402 g/mol. The molecule has 0 spiro atoms. The second kappa shape index (κ2) is 10.1. The molecule has 1 aromatic rings. The van der Waals surface area contributed by atoms with E-state index in [2.05, 4.69) is 53.8 Å². The van der Waals surface area contributed by atoms with E-state index in [9.17, 15) is 14.4 Å². The second-order valence-electron chi connectivity index (χ2n) is 11.0. The first kappa shape index (κ1) is 25.9. The summed E-state index contributed by atoms with van der Waals surface area (Å²) in [5.74, 6) is 0.384. The van der Waals surface area contributed by atoms with E-state index in [1.165, 1.54) is 0 Å². The second-order valence-corrected chi connectivity index (χ2v) is 11.0. The minimum Gasteiger partial charge on any atom is -0.341 e. The Labute approximate surface area is 193 Å². The summed E-state index contributed by atoms with van der Waals surface area (Å²) >= 11 is 0. The van der Waals surface area contributed by atoms with Gasteiger partial charge in [-0.1, -0.05) is 72.7 Å². The lowest BCUT2D eigenvalue weighted by Crippen LogP contribution is -2.45. The predicted octanol–water partition coefficient (Wildman–Crippen LogP) is 4.67. The molecule has 0 radical (unpaired) electrons. The Balaban J connectivity index is 2.17. The Morgan fingerprint density at radius 3 is 1.94 bits per heavy atom. The molecule has 4 amide bonds. The van der Waals surface area contributed by atoms with Gasteiger partial charge in [0, 0.05) is 13.1 Å². The van der Waals surface area contributed by atoms with Crippen LogP contribution in [0.25, 0.3) is 0 Å². The Morgan fingerprint density at radius 1 is 1.00 bits per heavy atom. The highest BCUT2D eigenvalue weighted by Gasteiger charge is 2.49. The molecule has 32 heavy (non-hydrogen) atoms. The molecule has 0 unspecified atom stereocenters. The number of urea groups is 1. The van der Waals surface area contributed by atoms with Gasteiger partial charge in [-0.25, -0.2) is 4.79 Å². The number of carbonyl (C=O) groups is 3. The molecule has 0 aromatic heterocycles. The molecular formula is C26H41N3O3. The molecule has 1 aliphatic rings. The van der Waals surface area contributed by atoms with E-state index in [0.717, 1.165) is 28.9 Å². The fourth-order valence-electron chi connectivity index (χ4n) is 3.76. The standard InChI is InChI=1S/C26H41N3O3/c1-18(2)13-15-28(16-14-19(3)4)22(30)17-29-23(31)26(8,27-24(29)32)21-11-9-20(10-12-21)25(5,6)7/h9-12,18-19H,13-17H2,1-8H3,(H,27,32)/t26-/m0/s1. The average molecular weight is 444 g/mol. The van der Waals surface area contributed by atoms with Gasteiger partial charge in [0.15, 0.2) is 0 Å². The molecule has 2 rings (SSSR count). The van der Waals surface area contributed by atoms with Crippen molar-refractivity contribution in [3.8, 4) is 0 Å². The Bertz CT molecular complexity index is 812. The minimum absolute atomic E-state index is 0.00372. The molecule has 1 saturated heterocycles. The lowest BCUT2D eigenvalue weighted by atomic mass is 9.84. The minimum atomic E-state index is -1.17. The number of nitrogens with zero attached hydrogens (tertiary/aromatic N) is 2. The van der Waals surface area contributed by atoms with Gasteiger partial charge in [0.05, 0.1) is 0 Å². The highest BCUT2D eigenvalue weighted by atomic mass is 16.2. The number of benzene rings is 1. The maximum Gasteiger partial charge on any atom is 0.325 e. The lowest BCUT2D eigenvalue weighted by Gasteiger charge is -2.27. The summed E-state index contributed by atoms with van der Waals surface area (Å²) in [5.41, 5.74) is 0.694. The number of imide groups is 1. The molecule has 1 atom stereocenters. The zero-order valence-electron chi connectivity index (χ0n) is 21.1. The first-order valence-corrected chi connectivity index (χ1v) is 11.8. The number of nitrogens with one attached hydrogen (secondary N) is 1. The topological polar surface area (TPSA) is 69.7 Å². The number of hydrogen-bond donors (Lipinski definition) is 1.